The van der Waals surface area contributed by atoms with Gasteiger partial charge in [0.05, 0.1) is 49.8 Å². The molecule has 0 saturated heterocycles. The number of rotatable bonds is 7. The highest BCUT2D eigenvalue weighted by atomic mass is 32.1. The lowest BCUT2D eigenvalue weighted by molar-refractivity contribution is -0.139. The van der Waals surface area contributed by atoms with E-state index in [4.69, 9.17) is 18.9 Å². The number of benzene rings is 3. The van der Waals surface area contributed by atoms with Gasteiger partial charge in [-0.15, -0.1) is 0 Å². The molecule has 3 aromatic carbocycles. The molecule has 1 atom stereocenters. The second-order valence-corrected chi connectivity index (χ2v) is 9.82. The lowest BCUT2D eigenvalue weighted by atomic mass is 9.91. The van der Waals surface area contributed by atoms with Gasteiger partial charge in [-0.2, -0.15) is 0 Å². The number of hydrogen-bond acceptors (Lipinski definition) is 8. The predicted molar refractivity (Wildman–Crippen MR) is 150 cm³/mol. The third-order valence-corrected chi connectivity index (χ3v) is 7.66. The molecule has 0 bridgehead atoms. The molecular weight excluding hydrogens is 516 g/mol. The summed E-state index contributed by atoms with van der Waals surface area (Å²) in [6.45, 7) is 3.72. The van der Waals surface area contributed by atoms with Gasteiger partial charge in [0, 0.05) is 10.9 Å². The van der Waals surface area contributed by atoms with Gasteiger partial charge in [0.25, 0.3) is 5.56 Å². The van der Waals surface area contributed by atoms with E-state index in [1.165, 1.54) is 11.3 Å². The summed E-state index contributed by atoms with van der Waals surface area (Å²) >= 11 is 1.25. The molecule has 2 heterocycles. The van der Waals surface area contributed by atoms with Crippen molar-refractivity contribution in [1.82, 2.24) is 4.57 Å². The number of hydrogen-bond donors (Lipinski definition) is 0. The number of aromatic nitrogens is 1. The molecule has 0 amide bonds. The van der Waals surface area contributed by atoms with E-state index in [-0.39, 0.29) is 12.2 Å². The maximum absolute atomic E-state index is 14.1. The normalized spacial score (nSPS) is 15.1. The number of ether oxygens (including phenoxy) is 4. The van der Waals surface area contributed by atoms with Crippen molar-refractivity contribution in [3.63, 3.8) is 0 Å². The summed E-state index contributed by atoms with van der Waals surface area (Å²) in [5, 5.41) is 1.74. The highest BCUT2D eigenvalue weighted by Gasteiger charge is 2.34. The Balaban J connectivity index is 1.81. The first-order valence-electron chi connectivity index (χ1n) is 12.4. The molecule has 9 heteroatoms. The molecule has 4 aromatic rings. The van der Waals surface area contributed by atoms with Crippen LogP contribution in [-0.2, 0) is 9.53 Å². The number of allylic oxidation sites excluding steroid dienone is 1. The Morgan fingerprint density at radius 2 is 1.72 bits per heavy atom. The predicted octanol–water partition coefficient (Wildman–Crippen LogP) is 3.98. The molecule has 0 aliphatic carbocycles. The molecule has 1 aromatic heterocycles. The number of methoxy groups -OCH3 is 3. The minimum Gasteiger partial charge on any atom is -0.497 e. The van der Waals surface area contributed by atoms with Crippen molar-refractivity contribution in [2.75, 3.05) is 27.9 Å². The number of nitrogens with zero attached hydrogens (tertiary/aromatic N) is 2. The first-order chi connectivity index (χ1) is 18.9. The molecule has 200 valence electrons. The minimum absolute atomic E-state index is 0.200. The van der Waals surface area contributed by atoms with Crippen LogP contribution in [0.5, 0.6) is 17.2 Å². The Morgan fingerprint density at radius 1 is 1.00 bits per heavy atom. The Morgan fingerprint density at radius 3 is 2.41 bits per heavy atom. The molecule has 1 aliphatic rings. The van der Waals surface area contributed by atoms with Gasteiger partial charge in [-0.25, -0.2) is 9.79 Å². The molecule has 0 fully saturated rings. The molecule has 0 spiro atoms. The van der Waals surface area contributed by atoms with Crippen molar-refractivity contribution >= 4 is 34.2 Å². The molecular formula is C30H28N2O6S. The molecule has 1 aliphatic heterocycles. The molecule has 5 rings (SSSR count). The van der Waals surface area contributed by atoms with Crippen LogP contribution in [-0.4, -0.2) is 38.5 Å². The van der Waals surface area contributed by atoms with Gasteiger partial charge >= 0.3 is 5.97 Å². The Hall–Kier alpha value is -4.37. The van der Waals surface area contributed by atoms with Crippen LogP contribution in [0.1, 0.15) is 31.0 Å². The van der Waals surface area contributed by atoms with Gasteiger partial charge in [0.15, 0.2) is 4.80 Å². The lowest BCUT2D eigenvalue weighted by Crippen LogP contribution is -2.40. The van der Waals surface area contributed by atoms with Crippen LogP contribution in [0.2, 0.25) is 0 Å². The summed E-state index contributed by atoms with van der Waals surface area (Å²) in [6.07, 6.45) is 1.76. The van der Waals surface area contributed by atoms with Gasteiger partial charge in [0.1, 0.15) is 17.2 Å². The minimum atomic E-state index is -0.745. The second kappa shape index (κ2) is 10.8. The van der Waals surface area contributed by atoms with E-state index in [0.717, 1.165) is 16.3 Å². The zero-order valence-corrected chi connectivity index (χ0v) is 23.1. The Bertz CT molecular complexity index is 1800. The van der Waals surface area contributed by atoms with E-state index in [1.54, 1.807) is 64.0 Å². The summed E-state index contributed by atoms with van der Waals surface area (Å²) < 4.78 is 23.9. The van der Waals surface area contributed by atoms with Crippen molar-refractivity contribution in [2.45, 2.75) is 19.9 Å². The number of fused-ring (bicyclic) bond motifs is 2. The molecule has 0 saturated carbocycles. The smallest absolute Gasteiger partial charge is 0.338 e. The highest BCUT2D eigenvalue weighted by Crippen LogP contribution is 2.38. The van der Waals surface area contributed by atoms with Gasteiger partial charge in [-0.1, -0.05) is 41.7 Å². The quantitative estimate of drug-likeness (QED) is 0.327. The average molecular weight is 545 g/mol. The molecule has 0 radical (unpaired) electrons. The SMILES string of the molecule is CCOC(=O)C1=C(C)N=c2s/c(=C/c3cc(OC)ccc3OC)c(=O)n2C1c1ccc(OC)c2ccccc12. The first kappa shape index (κ1) is 26.2. The molecule has 8 nitrogen and oxygen atoms in total. The number of esters is 1. The summed E-state index contributed by atoms with van der Waals surface area (Å²) in [4.78, 5) is 32.5. The fourth-order valence-electron chi connectivity index (χ4n) is 4.89. The highest BCUT2D eigenvalue weighted by molar-refractivity contribution is 7.07. The monoisotopic (exact) mass is 544 g/mol. The maximum atomic E-state index is 14.1. The molecule has 0 N–H and O–H groups in total. The lowest BCUT2D eigenvalue weighted by Gasteiger charge is -2.26. The fourth-order valence-corrected chi connectivity index (χ4v) is 5.93. The summed E-state index contributed by atoms with van der Waals surface area (Å²) in [5.74, 6) is 1.43. The standard InChI is InChI=1S/C30H28N2O6S/c1-6-38-29(34)26-17(2)31-30-32(27(26)22-12-14-24(37-5)21-10-8-7-9-20(21)22)28(33)25(39-30)16-18-15-19(35-3)11-13-23(18)36-4/h7-16,27H,6H2,1-5H3/b25-16+. The largest absolute Gasteiger partial charge is 0.497 e. The van der Waals surface area contributed by atoms with Crippen LogP contribution in [0.4, 0.5) is 0 Å². The fraction of sp³-hybridized carbons (Fsp3) is 0.233. The molecule has 39 heavy (non-hydrogen) atoms. The van der Waals surface area contributed by atoms with Crippen molar-refractivity contribution in [2.24, 2.45) is 4.99 Å². The zero-order valence-electron chi connectivity index (χ0n) is 22.3. The van der Waals surface area contributed by atoms with Crippen LogP contribution in [0.15, 0.2) is 75.7 Å². The zero-order chi connectivity index (χ0) is 27.7. The number of thiazole rings is 1. The van der Waals surface area contributed by atoms with Crippen LogP contribution >= 0.6 is 11.3 Å². The van der Waals surface area contributed by atoms with Crippen molar-refractivity contribution in [3.05, 3.63) is 96.7 Å². The average Bonchev–Trinajstić information content (AvgIpc) is 3.25. The van der Waals surface area contributed by atoms with Crippen LogP contribution in [0.25, 0.3) is 16.8 Å². The number of carbonyl (C=O) groups excluding carboxylic acids is 1. The van der Waals surface area contributed by atoms with Gasteiger partial charge in [-0.05, 0) is 55.1 Å². The van der Waals surface area contributed by atoms with E-state index in [2.05, 4.69) is 4.99 Å². The summed E-state index contributed by atoms with van der Waals surface area (Å²) in [7, 11) is 4.77. The van der Waals surface area contributed by atoms with Crippen LogP contribution in [0.3, 0.4) is 0 Å². The van der Waals surface area contributed by atoms with E-state index >= 15 is 0 Å². The third-order valence-electron chi connectivity index (χ3n) is 6.67. The van der Waals surface area contributed by atoms with Crippen molar-refractivity contribution in [1.29, 1.82) is 0 Å². The van der Waals surface area contributed by atoms with Gasteiger partial charge in [0.2, 0.25) is 0 Å². The van der Waals surface area contributed by atoms with Crippen molar-refractivity contribution in [3.8, 4) is 17.2 Å². The third kappa shape index (κ3) is 4.59. The van der Waals surface area contributed by atoms with E-state index in [0.29, 0.717) is 43.4 Å². The Labute approximate surface area is 229 Å². The summed E-state index contributed by atoms with van der Waals surface area (Å²) in [5.41, 5.74) is 2.02. The van der Waals surface area contributed by atoms with Crippen LogP contribution in [0, 0.1) is 0 Å². The first-order valence-corrected chi connectivity index (χ1v) is 13.2. The molecule has 1 unspecified atom stereocenters. The maximum Gasteiger partial charge on any atom is 0.338 e. The van der Waals surface area contributed by atoms with Crippen molar-refractivity contribution < 1.29 is 23.7 Å². The van der Waals surface area contributed by atoms with Gasteiger partial charge in [-0.3, -0.25) is 9.36 Å². The topological polar surface area (TPSA) is 88.4 Å². The van der Waals surface area contributed by atoms with E-state index < -0.39 is 12.0 Å². The van der Waals surface area contributed by atoms with Crippen LogP contribution < -0.4 is 29.1 Å². The van der Waals surface area contributed by atoms with E-state index in [1.807, 2.05) is 36.4 Å². The van der Waals surface area contributed by atoms with E-state index in [9.17, 15) is 9.59 Å². The summed E-state index contributed by atoms with van der Waals surface area (Å²) in [6, 6.07) is 16.2. The Kier molecular flexibility index (Phi) is 7.26. The number of carbonyl (C=O) groups is 1. The second-order valence-electron chi connectivity index (χ2n) is 8.81. The van der Waals surface area contributed by atoms with Gasteiger partial charge < -0.3 is 18.9 Å².